The molecule has 176 valence electrons. The molecule has 2 aromatic carbocycles. The first kappa shape index (κ1) is 24.5. The second-order valence-corrected chi connectivity index (χ2v) is 8.97. The SMILES string of the molecule is CC1(c2cc(-c3ccc(/C=C/C(=O)O)cc3)ccc2OCCCCC(=O)NO)CCCCC1. The lowest BCUT2D eigenvalue weighted by molar-refractivity contribution is -0.131. The number of hydrogen-bond donors (Lipinski definition) is 3. The minimum absolute atomic E-state index is 0.0601. The summed E-state index contributed by atoms with van der Waals surface area (Å²) in [6.07, 6.45) is 10.3. The summed E-state index contributed by atoms with van der Waals surface area (Å²) in [4.78, 5) is 21.9. The minimum Gasteiger partial charge on any atom is -0.493 e. The Morgan fingerprint density at radius 3 is 2.39 bits per heavy atom. The van der Waals surface area contributed by atoms with Gasteiger partial charge in [0, 0.05) is 18.1 Å². The molecule has 3 N–H and O–H groups in total. The number of benzene rings is 2. The van der Waals surface area contributed by atoms with Gasteiger partial charge in [-0.1, -0.05) is 56.5 Å². The zero-order chi connectivity index (χ0) is 23.7. The summed E-state index contributed by atoms with van der Waals surface area (Å²) >= 11 is 0. The Kier molecular flexibility index (Phi) is 8.66. The van der Waals surface area contributed by atoms with Crippen LogP contribution >= 0.6 is 0 Å². The molecule has 1 aliphatic carbocycles. The molecule has 0 radical (unpaired) electrons. The summed E-state index contributed by atoms with van der Waals surface area (Å²) in [6, 6.07) is 14.2. The highest BCUT2D eigenvalue weighted by molar-refractivity contribution is 5.85. The molecule has 33 heavy (non-hydrogen) atoms. The number of nitrogens with one attached hydrogen (secondary N) is 1. The smallest absolute Gasteiger partial charge is 0.328 e. The number of carbonyl (C=O) groups is 2. The molecule has 2 aromatic rings. The van der Waals surface area contributed by atoms with Gasteiger partial charge in [-0.05, 0) is 66.0 Å². The molecule has 0 saturated heterocycles. The second-order valence-electron chi connectivity index (χ2n) is 8.97. The van der Waals surface area contributed by atoms with E-state index in [0.29, 0.717) is 13.0 Å². The molecular weight excluding hydrogens is 418 g/mol. The first-order valence-corrected chi connectivity index (χ1v) is 11.6. The van der Waals surface area contributed by atoms with E-state index in [2.05, 4.69) is 19.1 Å². The fraction of sp³-hybridized carbons (Fsp3) is 0.407. The average molecular weight is 452 g/mol. The van der Waals surface area contributed by atoms with Crippen LogP contribution in [0.5, 0.6) is 5.75 Å². The van der Waals surface area contributed by atoms with Crippen LogP contribution in [0.15, 0.2) is 48.5 Å². The van der Waals surface area contributed by atoms with Crippen LogP contribution < -0.4 is 10.2 Å². The van der Waals surface area contributed by atoms with Crippen molar-refractivity contribution >= 4 is 18.0 Å². The molecule has 0 heterocycles. The molecule has 6 heteroatoms. The van der Waals surface area contributed by atoms with Crippen LogP contribution in [0, 0.1) is 0 Å². The van der Waals surface area contributed by atoms with Gasteiger partial charge in [0.1, 0.15) is 5.75 Å². The Bertz CT molecular complexity index is 975. The Hall–Kier alpha value is -3.12. The van der Waals surface area contributed by atoms with Gasteiger partial charge in [-0.3, -0.25) is 10.0 Å². The molecule has 1 amide bonds. The van der Waals surface area contributed by atoms with Crippen molar-refractivity contribution in [3.63, 3.8) is 0 Å². The topological polar surface area (TPSA) is 95.9 Å². The van der Waals surface area contributed by atoms with Gasteiger partial charge < -0.3 is 9.84 Å². The maximum Gasteiger partial charge on any atom is 0.328 e. The lowest BCUT2D eigenvalue weighted by Crippen LogP contribution is -2.26. The van der Waals surface area contributed by atoms with E-state index in [-0.39, 0.29) is 17.7 Å². The van der Waals surface area contributed by atoms with E-state index in [4.69, 9.17) is 15.1 Å². The number of hydrogen-bond acceptors (Lipinski definition) is 4. The normalized spacial score (nSPS) is 15.3. The number of rotatable bonds is 10. The first-order chi connectivity index (χ1) is 15.9. The van der Waals surface area contributed by atoms with Crippen molar-refractivity contribution in [2.45, 2.75) is 63.7 Å². The number of hydroxylamine groups is 1. The molecule has 0 bridgehead atoms. The van der Waals surface area contributed by atoms with Gasteiger partial charge in [-0.15, -0.1) is 0 Å². The van der Waals surface area contributed by atoms with Gasteiger partial charge in [0.2, 0.25) is 5.91 Å². The molecule has 1 fully saturated rings. The summed E-state index contributed by atoms with van der Waals surface area (Å²) < 4.78 is 6.18. The van der Waals surface area contributed by atoms with Crippen LogP contribution in [0.2, 0.25) is 0 Å². The molecule has 1 aliphatic rings. The summed E-state index contributed by atoms with van der Waals surface area (Å²) in [5, 5.41) is 17.4. The maximum atomic E-state index is 11.2. The quantitative estimate of drug-likeness (QED) is 0.186. The highest BCUT2D eigenvalue weighted by Crippen LogP contribution is 2.44. The van der Waals surface area contributed by atoms with Gasteiger partial charge in [-0.25, -0.2) is 10.3 Å². The fourth-order valence-electron chi connectivity index (χ4n) is 4.49. The third-order valence-corrected chi connectivity index (χ3v) is 6.43. The Morgan fingerprint density at radius 2 is 1.73 bits per heavy atom. The second kappa shape index (κ2) is 11.7. The number of unbranched alkanes of at least 4 members (excludes halogenated alkanes) is 1. The van der Waals surface area contributed by atoms with E-state index in [0.717, 1.165) is 47.8 Å². The van der Waals surface area contributed by atoms with Crippen molar-refractivity contribution < 1.29 is 24.6 Å². The Labute approximate surface area is 195 Å². The van der Waals surface area contributed by atoms with Crippen LogP contribution in [0.1, 0.15) is 69.4 Å². The van der Waals surface area contributed by atoms with E-state index in [1.165, 1.54) is 24.8 Å². The average Bonchev–Trinajstić information content (AvgIpc) is 2.83. The number of carbonyl (C=O) groups excluding carboxylic acids is 1. The molecule has 0 aliphatic heterocycles. The number of amides is 1. The third kappa shape index (κ3) is 6.93. The maximum absolute atomic E-state index is 11.2. The van der Waals surface area contributed by atoms with Crippen LogP contribution in [-0.4, -0.2) is 28.8 Å². The standard InChI is InChI=1S/C27H33NO5/c1-27(16-4-2-5-17-27)23-19-22(21-11-8-20(9-12-21)10-15-26(30)31)13-14-24(23)33-18-6-3-7-25(29)28-32/h8-15,19,32H,2-7,16-18H2,1H3,(H,28,29)(H,30,31)/b15-10+. The molecule has 3 rings (SSSR count). The van der Waals surface area contributed by atoms with Crippen molar-refractivity contribution in [1.29, 1.82) is 0 Å². The number of ether oxygens (including phenoxy) is 1. The lowest BCUT2D eigenvalue weighted by atomic mass is 9.70. The number of aliphatic carboxylic acids is 1. The van der Waals surface area contributed by atoms with E-state index < -0.39 is 5.97 Å². The van der Waals surface area contributed by atoms with Gasteiger partial charge in [0.25, 0.3) is 0 Å². The van der Waals surface area contributed by atoms with Crippen molar-refractivity contribution in [2.24, 2.45) is 0 Å². The monoisotopic (exact) mass is 451 g/mol. The highest BCUT2D eigenvalue weighted by atomic mass is 16.5. The van der Waals surface area contributed by atoms with Crippen LogP contribution in [-0.2, 0) is 15.0 Å². The zero-order valence-corrected chi connectivity index (χ0v) is 19.2. The summed E-state index contributed by atoms with van der Waals surface area (Å²) in [7, 11) is 0. The zero-order valence-electron chi connectivity index (χ0n) is 19.2. The lowest BCUT2D eigenvalue weighted by Gasteiger charge is -2.35. The Balaban J connectivity index is 1.80. The molecule has 1 saturated carbocycles. The van der Waals surface area contributed by atoms with E-state index in [1.807, 2.05) is 30.3 Å². The molecule has 6 nitrogen and oxygen atoms in total. The summed E-state index contributed by atoms with van der Waals surface area (Å²) in [5.41, 5.74) is 5.97. The van der Waals surface area contributed by atoms with Crippen LogP contribution in [0.3, 0.4) is 0 Å². The van der Waals surface area contributed by atoms with Crippen LogP contribution in [0.25, 0.3) is 17.2 Å². The Morgan fingerprint density at radius 1 is 1.03 bits per heavy atom. The van der Waals surface area contributed by atoms with Crippen LogP contribution in [0.4, 0.5) is 0 Å². The largest absolute Gasteiger partial charge is 0.493 e. The molecule has 0 atom stereocenters. The number of carboxylic acids is 1. The van der Waals surface area contributed by atoms with Crippen molar-refractivity contribution in [3.05, 3.63) is 59.7 Å². The number of carboxylic acid groups (broad SMARTS) is 1. The van der Waals surface area contributed by atoms with Crippen molar-refractivity contribution in [1.82, 2.24) is 5.48 Å². The minimum atomic E-state index is -0.961. The van der Waals surface area contributed by atoms with E-state index in [9.17, 15) is 9.59 Å². The van der Waals surface area contributed by atoms with Gasteiger partial charge in [0.15, 0.2) is 0 Å². The predicted octanol–water partition coefficient (Wildman–Crippen LogP) is 5.73. The molecule has 0 aromatic heterocycles. The van der Waals surface area contributed by atoms with E-state index in [1.54, 1.807) is 11.6 Å². The predicted molar refractivity (Wildman–Crippen MR) is 128 cm³/mol. The first-order valence-electron chi connectivity index (χ1n) is 11.6. The van der Waals surface area contributed by atoms with Crippen molar-refractivity contribution in [2.75, 3.05) is 6.61 Å². The third-order valence-electron chi connectivity index (χ3n) is 6.43. The molecule has 0 spiro atoms. The van der Waals surface area contributed by atoms with Gasteiger partial charge in [0.05, 0.1) is 6.61 Å². The van der Waals surface area contributed by atoms with E-state index >= 15 is 0 Å². The van der Waals surface area contributed by atoms with Crippen molar-refractivity contribution in [3.8, 4) is 16.9 Å². The molecular formula is C27H33NO5. The fourth-order valence-corrected chi connectivity index (χ4v) is 4.49. The summed E-state index contributed by atoms with van der Waals surface area (Å²) in [5.74, 6) is -0.438. The van der Waals surface area contributed by atoms with Gasteiger partial charge >= 0.3 is 5.97 Å². The summed E-state index contributed by atoms with van der Waals surface area (Å²) in [6.45, 7) is 2.84. The molecule has 0 unspecified atom stereocenters. The van der Waals surface area contributed by atoms with Gasteiger partial charge in [-0.2, -0.15) is 0 Å². The highest BCUT2D eigenvalue weighted by Gasteiger charge is 2.32.